The Morgan fingerprint density at radius 2 is 2.21 bits per heavy atom. The van der Waals surface area contributed by atoms with Gasteiger partial charge >= 0.3 is 6.03 Å². The zero-order chi connectivity index (χ0) is 17.3. The van der Waals surface area contributed by atoms with Gasteiger partial charge in [0.1, 0.15) is 12.1 Å². The number of imide groups is 1. The number of hydrogen-bond acceptors (Lipinski definition) is 4. The molecular formula is C17H18N4O3. The lowest BCUT2D eigenvalue weighted by atomic mass is 9.91. The number of urea groups is 1. The molecule has 1 aliphatic heterocycles. The van der Waals surface area contributed by atoms with E-state index in [2.05, 4.69) is 10.6 Å². The SMILES string of the molecule is C[C@@]1(c2cccc(C#N)c2)NC(=O)N(CC(=O)NCC2CC2)C1=O. The van der Waals surface area contributed by atoms with Crippen molar-refractivity contribution in [3.8, 4) is 6.07 Å². The minimum absolute atomic E-state index is 0.301. The molecular weight excluding hydrogens is 308 g/mol. The molecule has 2 fully saturated rings. The summed E-state index contributed by atoms with van der Waals surface area (Å²) in [5, 5.41) is 14.4. The fraction of sp³-hybridized carbons (Fsp3) is 0.412. The van der Waals surface area contributed by atoms with E-state index < -0.39 is 17.5 Å². The number of hydrogen-bond donors (Lipinski definition) is 2. The maximum Gasteiger partial charge on any atom is 0.325 e. The topological polar surface area (TPSA) is 102 Å². The van der Waals surface area contributed by atoms with E-state index in [-0.39, 0.29) is 12.5 Å². The molecule has 0 spiro atoms. The molecule has 7 nitrogen and oxygen atoms in total. The highest BCUT2D eigenvalue weighted by Gasteiger charge is 2.49. The summed E-state index contributed by atoms with van der Waals surface area (Å²) in [7, 11) is 0. The van der Waals surface area contributed by atoms with Gasteiger partial charge in [-0.25, -0.2) is 4.79 Å². The Hall–Kier alpha value is -2.88. The van der Waals surface area contributed by atoms with Crippen molar-refractivity contribution in [1.29, 1.82) is 5.26 Å². The van der Waals surface area contributed by atoms with Crippen molar-refractivity contribution in [2.24, 2.45) is 5.92 Å². The van der Waals surface area contributed by atoms with Crippen molar-refractivity contribution in [1.82, 2.24) is 15.5 Å². The number of nitriles is 1. The second-order valence-corrected chi connectivity index (χ2v) is 6.39. The molecule has 1 aromatic carbocycles. The van der Waals surface area contributed by atoms with Gasteiger partial charge in [-0.3, -0.25) is 14.5 Å². The zero-order valence-electron chi connectivity index (χ0n) is 13.3. The van der Waals surface area contributed by atoms with Crippen molar-refractivity contribution in [2.45, 2.75) is 25.3 Å². The van der Waals surface area contributed by atoms with Crippen LogP contribution in [0.2, 0.25) is 0 Å². The maximum atomic E-state index is 12.7. The monoisotopic (exact) mass is 326 g/mol. The maximum absolute atomic E-state index is 12.7. The van der Waals surface area contributed by atoms with E-state index in [1.807, 2.05) is 6.07 Å². The van der Waals surface area contributed by atoms with Crippen LogP contribution >= 0.6 is 0 Å². The van der Waals surface area contributed by atoms with Crippen molar-refractivity contribution in [2.75, 3.05) is 13.1 Å². The number of rotatable bonds is 5. The molecule has 2 aliphatic rings. The smallest absolute Gasteiger partial charge is 0.325 e. The molecule has 0 aromatic heterocycles. The van der Waals surface area contributed by atoms with Crippen LogP contribution in [0.1, 0.15) is 30.9 Å². The number of amides is 4. The van der Waals surface area contributed by atoms with Crippen molar-refractivity contribution in [3.63, 3.8) is 0 Å². The Morgan fingerprint density at radius 1 is 1.46 bits per heavy atom. The van der Waals surface area contributed by atoms with Crippen LogP contribution < -0.4 is 10.6 Å². The molecule has 1 atom stereocenters. The van der Waals surface area contributed by atoms with Crippen LogP contribution in [0.3, 0.4) is 0 Å². The van der Waals surface area contributed by atoms with E-state index in [0.29, 0.717) is 23.6 Å². The van der Waals surface area contributed by atoms with Gasteiger partial charge in [0.05, 0.1) is 11.6 Å². The quantitative estimate of drug-likeness (QED) is 0.783. The van der Waals surface area contributed by atoms with Gasteiger partial charge in [0.2, 0.25) is 5.91 Å². The third-order valence-corrected chi connectivity index (χ3v) is 4.43. The number of nitrogens with one attached hydrogen (secondary N) is 2. The number of benzene rings is 1. The van der Waals surface area contributed by atoms with Crippen LogP contribution in [0.25, 0.3) is 0 Å². The van der Waals surface area contributed by atoms with Crippen LogP contribution in [0.5, 0.6) is 0 Å². The van der Waals surface area contributed by atoms with E-state index in [0.717, 1.165) is 17.7 Å². The normalized spacial score (nSPS) is 22.9. The van der Waals surface area contributed by atoms with E-state index in [9.17, 15) is 14.4 Å². The van der Waals surface area contributed by atoms with Gasteiger partial charge in [0.15, 0.2) is 0 Å². The second kappa shape index (κ2) is 5.96. The Kier molecular flexibility index (Phi) is 3.97. The number of carbonyl (C=O) groups is 3. The average Bonchev–Trinajstić information content (AvgIpc) is 3.38. The summed E-state index contributed by atoms with van der Waals surface area (Å²) in [6, 6.07) is 7.92. The third kappa shape index (κ3) is 2.95. The molecule has 1 aliphatic carbocycles. The van der Waals surface area contributed by atoms with Gasteiger partial charge in [0.25, 0.3) is 5.91 Å². The Balaban J connectivity index is 1.74. The Morgan fingerprint density at radius 3 is 2.88 bits per heavy atom. The van der Waals surface area contributed by atoms with Gasteiger partial charge < -0.3 is 10.6 Å². The average molecular weight is 326 g/mol. The first-order valence-corrected chi connectivity index (χ1v) is 7.85. The van der Waals surface area contributed by atoms with E-state index in [4.69, 9.17) is 5.26 Å². The zero-order valence-corrected chi connectivity index (χ0v) is 13.3. The van der Waals surface area contributed by atoms with Gasteiger partial charge in [-0.2, -0.15) is 5.26 Å². The fourth-order valence-electron chi connectivity index (χ4n) is 2.72. The molecule has 1 aromatic rings. The van der Waals surface area contributed by atoms with Crippen LogP contribution in [0.15, 0.2) is 24.3 Å². The first-order chi connectivity index (χ1) is 11.4. The lowest BCUT2D eigenvalue weighted by Crippen LogP contribution is -2.43. The summed E-state index contributed by atoms with van der Waals surface area (Å²) in [4.78, 5) is 37.7. The summed E-state index contributed by atoms with van der Waals surface area (Å²) in [6.45, 7) is 1.86. The van der Waals surface area contributed by atoms with E-state index in [1.54, 1.807) is 31.2 Å². The van der Waals surface area contributed by atoms with Gasteiger partial charge in [-0.15, -0.1) is 0 Å². The standard InChI is InChI=1S/C17H18N4O3/c1-17(13-4-2-3-12(7-13)8-18)15(23)21(16(24)20-17)10-14(22)19-9-11-5-6-11/h2-4,7,11H,5-6,9-10H2,1H3,(H,19,22)(H,20,24)/t17-/m0/s1. The van der Waals surface area contributed by atoms with E-state index >= 15 is 0 Å². The van der Waals surface area contributed by atoms with Gasteiger partial charge in [-0.05, 0) is 43.4 Å². The summed E-state index contributed by atoms with van der Waals surface area (Å²) < 4.78 is 0. The van der Waals surface area contributed by atoms with Crippen LogP contribution in [0.4, 0.5) is 4.79 Å². The molecule has 1 saturated heterocycles. The van der Waals surface area contributed by atoms with Gasteiger partial charge in [-0.1, -0.05) is 12.1 Å². The molecule has 24 heavy (non-hydrogen) atoms. The lowest BCUT2D eigenvalue weighted by Gasteiger charge is -2.22. The molecule has 4 amide bonds. The highest BCUT2D eigenvalue weighted by Crippen LogP contribution is 2.29. The lowest BCUT2D eigenvalue weighted by molar-refractivity contribution is -0.134. The molecule has 3 rings (SSSR count). The van der Waals surface area contributed by atoms with Crippen LogP contribution in [-0.4, -0.2) is 35.8 Å². The molecule has 0 radical (unpaired) electrons. The summed E-state index contributed by atoms with van der Waals surface area (Å²) >= 11 is 0. The second-order valence-electron chi connectivity index (χ2n) is 6.39. The Bertz CT molecular complexity index is 750. The minimum Gasteiger partial charge on any atom is -0.354 e. The van der Waals surface area contributed by atoms with Crippen molar-refractivity contribution in [3.05, 3.63) is 35.4 Å². The first-order valence-electron chi connectivity index (χ1n) is 7.85. The highest BCUT2D eigenvalue weighted by molar-refractivity contribution is 6.09. The fourth-order valence-corrected chi connectivity index (χ4v) is 2.72. The van der Waals surface area contributed by atoms with Gasteiger partial charge in [0, 0.05) is 6.54 Å². The third-order valence-electron chi connectivity index (χ3n) is 4.43. The predicted octanol–water partition coefficient (Wildman–Crippen LogP) is 0.851. The highest BCUT2D eigenvalue weighted by atomic mass is 16.2. The molecule has 1 heterocycles. The van der Waals surface area contributed by atoms with Crippen molar-refractivity contribution < 1.29 is 14.4 Å². The predicted molar refractivity (Wildman–Crippen MR) is 84.5 cm³/mol. The molecule has 7 heteroatoms. The summed E-state index contributed by atoms with van der Waals surface area (Å²) in [5.74, 6) is -0.319. The summed E-state index contributed by atoms with van der Waals surface area (Å²) in [6.07, 6.45) is 2.22. The largest absolute Gasteiger partial charge is 0.354 e. The van der Waals surface area contributed by atoms with Crippen molar-refractivity contribution >= 4 is 17.8 Å². The van der Waals surface area contributed by atoms with Crippen LogP contribution in [0, 0.1) is 17.2 Å². The molecule has 1 saturated carbocycles. The summed E-state index contributed by atoms with van der Waals surface area (Å²) in [5.41, 5.74) is -0.363. The first kappa shape index (κ1) is 16.0. The number of nitrogens with zero attached hydrogens (tertiary/aromatic N) is 2. The molecule has 0 unspecified atom stereocenters. The molecule has 0 bridgehead atoms. The molecule has 2 N–H and O–H groups in total. The molecule has 124 valence electrons. The minimum atomic E-state index is -1.28. The van der Waals surface area contributed by atoms with Crippen LogP contribution in [-0.2, 0) is 15.1 Å². The number of carbonyl (C=O) groups excluding carboxylic acids is 3. The van der Waals surface area contributed by atoms with E-state index in [1.165, 1.54) is 0 Å². The Labute approximate surface area is 139 Å².